The van der Waals surface area contributed by atoms with Crippen LogP contribution in [0.15, 0.2) is 59.9 Å². The second kappa shape index (κ2) is 8.04. The summed E-state index contributed by atoms with van der Waals surface area (Å²) < 4.78 is 1.58. The molecule has 4 rings (SSSR count). The Kier molecular flexibility index (Phi) is 5.24. The average molecular weight is 427 g/mol. The minimum Gasteiger partial charge on any atom is -0.478 e. The molecule has 0 spiro atoms. The van der Waals surface area contributed by atoms with E-state index in [9.17, 15) is 20.0 Å². The van der Waals surface area contributed by atoms with Gasteiger partial charge in [0, 0.05) is 11.4 Å². The van der Waals surface area contributed by atoms with Gasteiger partial charge in [0.2, 0.25) is 0 Å². The van der Waals surface area contributed by atoms with E-state index in [1.165, 1.54) is 18.3 Å². The molecule has 0 fully saturated rings. The molecule has 3 aromatic rings. The molecule has 1 atom stereocenters. The molecule has 32 heavy (non-hydrogen) atoms. The number of carboxylic acids is 1. The van der Waals surface area contributed by atoms with Crippen molar-refractivity contribution in [1.82, 2.24) is 9.78 Å². The normalized spacial score (nSPS) is 14.9. The number of amides is 1. The van der Waals surface area contributed by atoms with Crippen molar-refractivity contribution >= 4 is 23.4 Å². The maximum absolute atomic E-state index is 13.5. The summed E-state index contributed by atoms with van der Waals surface area (Å²) in [5.74, 6) is -0.859. The number of aryl methyl sites for hydroxylation is 2. The molecule has 0 radical (unpaired) electrons. The summed E-state index contributed by atoms with van der Waals surface area (Å²) in [4.78, 5) is 24.7. The molecule has 0 saturated carbocycles. The molecule has 1 amide bonds. The number of hydrogen-bond donors (Lipinski definition) is 3. The largest absolute Gasteiger partial charge is 0.478 e. The van der Waals surface area contributed by atoms with Gasteiger partial charge in [-0.1, -0.05) is 29.8 Å². The molecule has 8 nitrogen and oxygen atoms in total. The molecule has 1 unspecified atom stereocenters. The molecule has 0 bridgehead atoms. The molecule has 0 aliphatic carbocycles. The van der Waals surface area contributed by atoms with E-state index in [2.05, 4.69) is 21.8 Å². The number of rotatable bonds is 4. The first-order valence-electron chi connectivity index (χ1n) is 9.97. The second-order valence-corrected chi connectivity index (χ2v) is 7.73. The van der Waals surface area contributed by atoms with Gasteiger partial charge in [-0.05, 0) is 50.1 Å². The maximum Gasteiger partial charge on any atom is 0.335 e. The van der Waals surface area contributed by atoms with Crippen molar-refractivity contribution in [3.05, 3.63) is 87.7 Å². The lowest BCUT2D eigenvalue weighted by Gasteiger charge is -2.30. The number of anilines is 2. The Bertz CT molecular complexity index is 1310. The minimum absolute atomic E-state index is 0.142. The summed E-state index contributed by atoms with van der Waals surface area (Å²) in [5.41, 5.74) is 4.91. The van der Waals surface area contributed by atoms with E-state index in [1.807, 2.05) is 32.0 Å². The fraction of sp³-hybridized carbons (Fsp3) is 0.167. The maximum atomic E-state index is 13.5. The van der Waals surface area contributed by atoms with Gasteiger partial charge in [0.1, 0.15) is 23.5 Å². The predicted molar refractivity (Wildman–Crippen MR) is 119 cm³/mol. The number of nitrogens with one attached hydrogen (secondary N) is 2. The summed E-state index contributed by atoms with van der Waals surface area (Å²) in [6.07, 6.45) is 1.44. The van der Waals surface area contributed by atoms with Gasteiger partial charge < -0.3 is 15.7 Å². The van der Waals surface area contributed by atoms with Gasteiger partial charge in [-0.15, -0.1) is 0 Å². The summed E-state index contributed by atoms with van der Waals surface area (Å²) in [6, 6.07) is 13.5. The van der Waals surface area contributed by atoms with Crippen LogP contribution in [-0.2, 0) is 4.79 Å². The molecule has 0 saturated heterocycles. The Hall–Kier alpha value is -4.38. The number of carbonyl (C=O) groups is 2. The Morgan fingerprint density at radius 1 is 1.16 bits per heavy atom. The van der Waals surface area contributed by atoms with Crippen molar-refractivity contribution in [2.75, 3.05) is 10.6 Å². The number of benzene rings is 2. The lowest BCUT2D eigenvalue weighted by atomic mass is 9.93. The summed E-state index contributed by atoms with van der Waals surface area (Å²) in [7, 11) is 0. The van der Waals surface area contributed by atoms with Gasteiger partial charge in [-0.3, -0.25) is 4.79 Å². The number of hydrogen-bond acceptors (Lipinski definition) is 5. The molecular weight excluding hydrogens is 406 g/mol. The van der Waals surface area contributed by atoms with Crippen molar-refractivity contribution in [3.8, 4) is 6.07 Å². The molecule has 2 heterocycles. The molecule has 1 aliphatic rings. The van der Waals surface area contributed by atoms with Crippen molar-refractivity contribution in [2.45, 2.75) is 26.8 Å². The van der Waals surface area contributed by atoms with Crippen LogP contribution >= 0.6 is 0 Å². The molecular formula is C24H21N5O3. The molecule has 3 N–H and O–H groups in total. The summed E-state index contributed by atoms with van der Waals surface area (Å²) >= 11 is 0. The van der Waals surface area contributed by atoms with Crippen LogP contribution in [0.1, 0.15) is 45.6 Å². The monoisotopic (exact) mass is 427 g/mol. The number of nitrogens with zero attached hydrogens (tertiary/aromatic N) is 3. The number of fused-ring (bicyclic) bond motifs is 1. The van der Waals surface area contributed by atoms with Gasteiger partial charge in [0.25, 0.3) is 5.91 Å². The first kappa shape index (κ1) is 20.9. The number of allylic oxidation sites excluding steroid dienone is 1. The van der Waals surface area contributed by atoms with Crippen molar-refractivity contribution in [3.63, 3.8) is 0 Å². The Balaban J connectivity index is 1.80. The zero-order valence-corrected chi connectivity index (χ0v) is 17.8. The van der Waals surface area contributed by atoms with Gasteiger partial charge in [0.15, 0.2) is 0 Å². The zero-order valence-electron chi connectivity index (χ0n) is 17.8. The predicted octanol–water partition coefficient (Wildman–Crippen LogP) is 4.00. The van der Waals surface area contributed by atoms with Crippen molar-refractivity contribution in [2.24, 2.45) is 0 Å². The summed E-state index contributed by atoms with van der Waals surface area (Å²) in [6.45, 7) is 5.68. The van der Waals surface area contributed by atoms with Crippen LogP contribution in [-0.4, -0.2) is 26.8 Å². The van der Waals surface area contributed by atoms with Crippen molar-refractivity contribution < 1.29 is 14.7 Å². The van der Waals surface area contributed by atoms with Crippen LogP contribution in [0.2, 0.25) is 0 Å². The van der Waals surface area contributed by atoms with E-state index in [0.717, 1.165) is 11.1 Å². The van der Waals surface area contributed by atoms with Gasteiger partial charge in [0.05, 0.1) is 17.3 Å². The van der Waals surface area contributed by atoms with Crippen LogP contribution in [0.3, 0.4) is 0 Å². The lowest BCUT2D eigenvalue weighted by molar-refractivity contribution is -0.113. The number of carbonyl (C=O) groups excluding carboxylic acids is 1. The minimum atomic E-state index is -1.03. The fourth-order valence-corrected chi connectivity index (χ4v) is 3.89. The zero-order chi connectivity index (χ0) is 23.0. The third-order valence-electron chi connectivity index (χ3n) is 5.49. The molecule has 2 aromatic carbocycles. The van der Waals surface area contributed by atoms with E-state index in [0.29, 0.717) is 33.9 Å². The highest BCUT2D eigenvalue weighted by Crippen LogP contribution is 2.37. The summed E-state index contributed by atoms with van der Waals surface area (Å²) in [5, 5.41) is 29.1. The SMILES string of the molecule is CC1=C(C(=O)Nc2ccc(C)cc2C)C(c2ccc(C(=O)O)cc2)n2ncc(C#N)c2N1. The lowest BCUT2D eigenvalue weighted by Crippen LogP contribution is -2.31. The van der Waals surface area contributed by atoms with Crippen LogP contribution in [0.25, 0.3) is 0 Å². The van der Waals surface area contributed by atoms with Crippen LogP contribution in [0, 0.1) is 25.2 Å². The standard InChI is InChI=1S/C24H21N5O3/c1-13-4-9-19(14(2)10-13)28-23(30)20-15(3)27-22-18(11-25)12-26-29(22)21(20)16-5-7-17(8-6-16)24(31)32/h4-10,12,21,27H,1-3H3,(H,28,30)(H,31,32). The Morgan fingerprint density at radius 2 is 1.88 bits per heavy atom. The van der Waals surface area contributed by atoms with E-state index >= 15 is 0 Å². The number of nitriles is 1. The molecule has 1 aliphatic heterocycles. The fourth-order valence-electron chi connectivity index (χ4n) is 3.89. The first-order valence-corrected chi connectivity index (χ1v) is 9.97. The molecule has 160 valence electrons. The molecule has 8 heteroatoms. The van der Waals surface area contributed by atoms with E-state index in [4.69, 9.17) is 0 Å². The van der Waals surface area contributed by atoms with Crippen LogP contribution in [0.4, 0.5) is 11.5 Å². The first-order chi connectivity index (χ1) is 15.3. The van der Waals surface area contributed by atoms with Crippen molar-refractivity contribution in [1.29, 1.82) is 5.26 Å². The third kappa shape index (κ3) is 3.61. The topological polar surface area (TPSA) is 120 Å². The third-order valence-corrected chi connectivity index (χ3v) is 5.49. The second-order valence-electron chi connectivity index (χ2n) is 7.73. The number of aromatic nitrogens is 2. The number of aromatic carboxylic acids is 1. The Labute approximate surface area is 184 Å². The smallest absolute Gasteiger partial charge is 0.335 e. The van der Waals surface area contributed by atoms with E-state index in [-0.39, 0.29) is 11.5 Å². The van der Waals surface area contributed by atoms with Gasteiger partial charge >= 0.3 is 5.97 Å². The quantitative estimate of drug-likeness (QED) is 0.579. The highest BCUT2D eigenvalue weighted by molar-refractivity contribution is 6.06. The van der Waals surface area contributed by atoms with E-state index in [1.54, 1.807) is 23.7 Å². The average Bonchev–Trinajstić information content (AvgIpc) is 3.17. The van der Waals surface area contributed by atoms with Crippen LogP contribution in [0.5, 0.6) is 0 Å². The Morgan fingerprint density at radius 3 is 2.50 bits per heavy atom. The molecule has 1 aromatic heterocycles. The van der Waals surface area contributed by atoms with Crippen LogP contribution < -0.4 is 10.6 Å². The number of carboxylic acid groups (broad SMARTS) is 1. The van der Waals surface area contributed by atoms with E-state index < -0.39 is 12.0 Å². The highest BCUT2D eigenvalue weighted by atomic mass is 16.4. The highest BCUT2D eigenvalue weighted by Gasteiger charge is 2.34. The van der Waals surface area contributed by atoms with Gasteiger partial charge in [-0.2, -0.15) is 10.4 Å². The van der Waals surface area contributed by atoms with Gasteiger partial charge in [-0.25, -0.2) is 9.48 Å².